The van der Waals surface area contributed by atoms with Gasteiger partial charge in [-0.15, -0.1) is 0 Å². The Balaban J connectivity index is 1.70. The van der Waals surface area contributed by atoms with E-state index in [1.54, 1.807) is 54.6 Å². The summed E-state index contributed by atoms with van der Waals surface area (Å²) in [6.45, 7) is 0.213. The Morgan fingerprint density at radius 2 is 1.87 bits per heavy atom. The highest BCUT2D eigenvalue weighted by Gasteiger charge is 2.11. The number of carbonyl (C=O) groups excluding carboxylic acids is 1. The van der Waals surface area contributed by atoms with Crippen molar-refractivity contribution in [3.8, 4) is 11.8 Å². The van der Waals surface area contributed by atoms with Crippen LogP contribution in [0.4, 0.5) is 10.1 Å². The number of hydrogen-bond donors (Lipinski definition) is 1. The normalized spacial score (nSPS) is 10.9. The van der Waals surface area contributed by atoms with Crippen LogP contribution in [-0.4, -0.2) is 5.91 Å². The van der Waals surface area contributed by atoms with Crippen molar-refractivity contribution in [2.75, 3.05) is 5.32 Å². The fourth-order valence-electron chi connectivity index (χ4n) is 2.56. The smallest absolute Gasteiger partial charge is 0.266 e. The Hall–Kier alpha value is -2.95. The number of nitrogens with zero attached hydrogens (tertiary/aromatic N) is 1. The zero-order chi connectivity index (χ0) is 21.5. The average molecular weight is 530 g/mol. The van der Waals surface area contributed by atoms with Gasteiger partial charge in [0.1, 0.15) is 29.8 Å². The average Bonchev–Trinajstić information content (AvgIpc) is 2.73. The molecule has 0 unspecified atom stereocenters. The van der Waals surface area contributed by atoms with Crippen LogP contribution in [-0.2, 0) is 11.4 Å². The minimum atomic E-state index is -0.498. The van der Waals surface area contributed by atoms with Gasteiger partial charge in [-0.05, 0) is 81.7 Å². The van der Waals surface area contributed by atoms with Gasteiger partial charge < -0.3 is 10.1 Å². The number of amides is 1. The second-order valence-corrected chi connectivity index (χ2v) is 8.01. The highest BCUT2D eigenvalue weighted by atomic mass is 79.9. The first-order valence-corrected chi connectivity index (χ1v) is 10.4. The van der Waals surface area contributed by atoms with Gasteiger partial charge in [0, 0.05) is 10.2 Å². The van der Waals surface area contributed by atoms with Crippen LogP contribution in [0, 0.1) is 17.1 Å². The SMILES string of the molecule is N#C/C(=C/c1ccc(OCc2cccc(F)c2)c(Br)c1)C(=O)Nc1ccc(Br)cc1. The Morgan fingerprint density at radius 1 is 1.10 bits per heavy atom. The standard InChI is InChI=1S/C23H15Br2FN2O2/c24-18-5-7-20(8-6-18)28-23(29)17(13-27)10-15-4-9-22(21(25)12-15)30-14-16-2-1-3-19(26)11-16/h1-12H,14H2,(H,28,29)/b17-10-. The second-order valence-electron chi connectivity index (χ2n) is 6.24. The van der Waals surface area contributed by atoms with E-state index in [-0.39, 0.29) is 18.0 Å². The van der Waals surface area contributed by atoms with E-state index in [2.05, 4.69) is 37.2 Å². The maximum atomic E-state index is 13.3. The molecule has 30 heavy (non-hydrogen) atoms. The minimum absolute atomic E-state index is 0.0294. The van der Waals surface area contributed by atoms with Crippen molar-refractivity contribution in [1.29, 1.82) is 5.26 Å². The number of nitrogens with one attached hydrogen (secondary N) is 1. The molecule has 0 aliphatic heterocycles. The Kier molecular flexibility index (Phi) is 7.39. The molecule has 0 saturated heterocycles. The van der Waals surface area contributed by atoms with Crippen LogP contribution >= 0.6 is 31.9 Å². The topological polar surface area (TPSA) is 62.1 Å². The van der Waals surface area contributed by atoms with E-state index in [0.29, 0.717) is 27.0 Å². The summed E-state index contributed by atoms with van der Waals surface area (Å²) in [5, 5.41) is 12.1. The molecule has 7 heteroatoms. The van der Waals surface area contributed by atoms with Gasteiger partial charge in [-0.3, -0.25) is 4.79 Å². The lowest BCUT2D eigenvalue weighted by molar-refractivity contribution is -0.112. The lowest BCUT2D eigenvalue weighted by Crippen LogP contribution is -2.13. The van der Waals surface area contributed by atoms with Crippen LogP contribution in [0.5, 0.6) is 5.75 Å². The molecule has 0 fully saturated rings. The molecule has 0 spiro atoms. The van der Waals surface area contributed by atoms with E-state index in [1.807, 2.05) is 6.07 Å². The van der Waals surface area contributed by atoms with Gasteiger partial charge in [-0.1, -0.05) is 34.1 Å². The second kappa shape index (κ2) is 10.2. The number of anilines is 1. The van der Waals surface area contributed by atoms with Crippen molar-refractivity contribution in [2.24, 2.45) is 0 Å². The van der Waals surface area contributed by atoms with E-state index < -0.39 is 5.91 Å². The van der Waals surface area contributed by atoms with Crippen LogP contribution in [0.25, 0.3) is 6.08 Å². The van der Waals surface area contributed by atoms with Crippen LogP contribution in [0.1, 0.15) is 11.1 Å². The molecular weight excluding hydrogens is 515 g/mol. The molecule has 0 bridgehead atoms. The summed E-state index contributed by atoms with van der Waals surface area (Å²) in [5.41, 5.74) is 1.93. The van der Waals surface area contributed by atoms with Gasteiger partial charge in [-0.25, -0.2) is 4.39 Å². The first-order chi connectivity index (χ1) is 14.4. The summed E-state index contributed by atoms with van der Waals surface area (Å²) in [4.78, 5) is 12.4. The molecule has 3 rings (SSSR count). The quantitative estimate of drug-likeness (QED) is 0.294. The van der Waals surface area contributed by atoms with Crippen LogP contribution in [0.3, 0.4) is 0 Å². The third-order valence-electron chi connectivity index (χ3n) is 4.02. The zero-order valence-corrected chi connectivity index (χ0v) is 18.7. The number of benzene rings is 3. The monoisotopic (exact) mass is 528 g/mol. The van der Waals surface area contributed by atoms with E-state index in [1.165, 1.54) is 18.2 Å². The molecular formula is C23H15Br2FN2O2. The fourth-order valence-corrected chi connectivity index (χ4v) is 3.33. The van der Waals surface area contributed by atoms with Crippen molar-refractivity contribution in [1.82, 2.24) is 0 Å². The van der Waals surface area contributed by atoms with E-state index in [0.717, 1.165) is 4.47 Å². The number of nitriles is 1. The summed E-state index contributed by atoms with van der Waals surface area (Å²) in [7, 11) is 0. The molecule has 1 amide bonds. The molecule has 0 heterocycles. The van der Waals surface area contributed by atoms with Gasteiger partial charge in [0.15, 0.2) is 0 Å². The van der Waals surface area contributed by atoms with Crippen molar-refractivity contribution in [3.63, 3.8) is 0 Å². The number of halogens is 3. The highest BCUT2D eigenvalue weighted by molar-refractivity contribution is 9.10. The predicted octanol–water partition coefficient (Wildman–Crippen LogP) is 6.48. The zero-order valence-electron chi connectivity index (χ0n) is 15.5. The number of ether oxygens (including phenoxy) is 1. The lowest BCUT2D eigenvalue weighted by atomic mass is 10.1. The summed E-state index contributed by atoms with van der Waals surface area (Å²) in [6.07, 6.45) is 1.50. The molecule has 3 aromatic rings. The van der Waals surface area contributed by atoms with Crippen LogP contribution < -0.4 is 10.1 Å². The summed E-state index contributed by atoms with van der Waals surface area (Å²) in [5.74, 6) is -0.252. The van der Waals surface area contributed by atoms with Gasteiger partial charge in [0.25, 0.3) is 5.91 Å². The Morgan fingerprint density at radius 3 is 2.53 bits per heavy atom. The minimum Gasteiger partial charge on any atom is -0.488 e. The molecule has 3 aromatic carbocycles. The highest BCUT2D eigenvalue weighted by Crippen LogP contribution is 2.28. The Labute approximate surface area is 190 Å². The molecule has 1 N–H and O–H groups in total. The van der Waals surface area contributed by atoms with E-state index in [9.17, 15) is 14.4 Å². The van der Waals surface area contributed by atoms with Gasteiger partial charge >= 0.3 is 0 Å². The molecule has 0 atom stereocenters. The van der Waals surface area contributed by atoms with Crippen molar-refractivity contribution in [3.05, 3.63) is 98.2 Å². The summed E-state index contributed by atoms with van der Waals surface area (Å²) >= 11 is 6.76. The maximum Gasteiger partial charge on any atom is 0.266 e. The first-order valence-electron chi connectivity index (χ1n) is 8.80. The molecule has 0 aromatic heterocycles. The molecule has 0 aliphatic rings. The Bertz CT molecular complexity index is 1140. The number of hydrogen-bond acceptors (Lipinski definition) is 3. The largest absolute Gasteiger partial charge is 0.488 e. The summed E-state index contributed by atoms with van der Waals surface area (Å²) in [6, 6.07) is 20.4. The molecule has 0 radical (unpaired) electrons. The molecule has 150 valence electrons. The van der Waals surface area contributed by atoms with Crippen molar-refractivity contribution < 1.29 is 13.9 Å². The van der Waals surface area contributed by atoms with Gasteiger partial charge in [0.05, 0.1) is 4.47 Å². The third kappa shape index (κ3) is 6.02. The van der Waals surface area contributed by atoms with E-state index >= 15 is 0 Å². The number of rotatable bonds is 6. The van der Waals surface area contributed by atoms with Crippen LogP contribution in [0.15, 0.2) is 81.2 Å². The van der Waals surface area contributed by atoms with Crippen molar-refractivity contribution >= 4 is 49.5 Å². The van der Waals surface area contributed by atoms with Gasteiger partial charge in [-0.2, -0.15) is 5.26 Å². The van der Waals surface area contributed by atoms with Crippen molar-refractivity contribution in [2.45, 2.75) is 6.61 Å². The first kappa shape index (κ1) is 21.8. The van der Waals surface area contributed by atoms with Crippen LogP contribution in [0.2, 0.25) is 0 Å². The summed E-state index contributed by atoms with van der Waals surface area (Å²) < 4.78 is 20.5. The van der Waals surface area contributed by atoms with Gasteiger partial charge in [0.2, 0.25) is 0 Å². The number of carbonyl (C=O) groups is 1. The fraction of sp³-hybridized carbons (Fsp3) is 0.0435. The third-order valence-corrected chi connectivity index (χ3v) is 5.17. The maximum absolute atomic E-state index is 13.3. The predicted molar refractivity (Wildman–Crippen MR) is 121 cm³/mol. The molecule has 4 nitrogen and oxygen atoms in total. The molecule has 0 saturated carbocycles. The van der Waals surface area contributed by atoms with E-state index in [4.69, 9.17) is 4.74 Å². The lowest BCUT2D eigenvalue weighted by Gasteiger charge is -2.09. The molecule has 0 aliphatic carbocycles.